The van der Waals surface area contributed by atoms with Gasteiger partial charge in [0.05, 0.1) is 11.2 Å². The first-order valence-corrected chi connectivity index (χ1v) is 6.53. The topological polar surface area (TPSA) is 45.8 Å². The molecular weight excluding hydrogens is 272 g/mol. The number of halogens is 1. The molecule has 4 heteroatoms. The Labute approximate surface area is 120 Å². The number of aromatic nitrogens is 2. The summed E-state index contributed by atoms with van der Waals surface area (Å²) >= 11 is 5.85. The largest absolute Gasteiger partial charge is 0.345 e. The first-order valence-electron chi connectivity index (χ1n) is 6.15. The number of rotatable bonds is 2. The Hall–Kier alpha value is -2.39. The molecule has 0 atom stereocenters. The van der Waals surface area contributed by atoms with E-state index in [0.717, 1.165) is 16.5 Å². The number of aromatic amines is 1. The average Bonchev–Trinajstić information content (AvgIpc) is 2.46. The molecule has 0 saturated carbocycles. The number of benzene rings is 2. The molecule has 3 rings (SSSR count). The summed E-state index contributed by atoms with van der Waals surface area (Å²) in [5.74, 6) is 0. The molecule has 1 N–H and O–H groups in total. The van der Waals surface area contributed by atoms with Gasteiger partial charge in [-0.05, 0) is 29.8 Å². The van der Waals surface area contributed by atoms with E-state index in [1.807, 2.05) is 60.7 Å². The first-order chi connectivity index (χ1) is 9.72. The standard InChI is InChI=1S/C16H11ClN2O/c17-12-8-5-11(6-9-12)7-10-15-13-3-1-2-4-14(13)18-16(20)19-15/h1-10H,(H,18,19,20)/b10-7+. The van der Waals surface area contributed by atoms with Crippen molar-refractivity contribution in [1.82, 2.24) is 9.97 Å². The number of fused-ring (bicyclic) bond motifs is 1. The van der Waals surface area contributed by atoms with Gasteiger partial charge in [-0.15, -0.1) is 0 Å². The second-order valence-electron chi connectivity index (χ2n) is 4.36. The number of nitrogens with one attached hydrogen (secondary N) is 1. The fourth-order valence-electron chi connectivity index (χ4n) is 2.00. The van der Waals surface area contributed by atoms with E-state index < -0.39 is 0 Å². The Kier molecular flexibility index (Phi) is 3.35. The summed E-state index contributed by atoms with van der Waals surface area (Å²) in [5, 5.41) is 1.61. The molecule has 0 bridgehead atoms. The zero-order valence-electron chi connectivity index (χ0n) is 10.5. The molecule has 1 aromatic heterocycles. The van der Waals surface area contributed by atoms with E-state index in [4.69, 9.17) is 11.6 Å². The van der Waals surface area contributed by atoms with Gasteiger partial charge in [0.2, 0.25) is 0 Å². The van der Waals surface area contributed by atoms with Gasteiger partial charge in [-0.2, -0.15) is 4.98 Å². The summed E-state index contributed by atoms with van der Waals surface area (Å²) < 4.78 is 0. The van der Waals surface area contributed by atoms with Gasteiger partial charge in [0.15, 0.2) is 0 Å². The van der Waals surface area contributed by atoms with Gasteiger partial charge in [0.25, 0.3) is 0 Å². The van der Waals surface area contributed by atoms with Crippen molar-refractivity contribution in [3.63, 3.8) is 0 Å². The van der Waals surface area contributed by atoms with Gasteiger partial charge in [0, 0.05) is 10.4 Å². The molecule has 0 aliphatic rings. The lowest BCUT2D eigenvalue weighted by molar-refractivity contribution is 1.11. The summed E-state index contributed by atoms with van der Waals surface area (Å²) in [6.45, 7) is 0. The van der Waals surface area contributed by atoms with Crippen LogP contribution in [0.3, 0.4) is 0 Å². The highest BCUT2D eigenvalue weighted by Gasteiger charge is 2.01. The van der Waals surface area contributed by atoms with E-state index in [1.54, 1.807) is 0 Å². The third-order valence-electron chi connectivity index (χ3n) is 2.97. The van der Waals surface area contributed by atoms with E-state index in [0.29, 0.717) is 10.7 Å². The Bertz CT molecular complexity index is 835. The second kappa shape index (κ2) is 5.31. The van der Waals surface area contributed by atoms with Crippen LogP contribution in [0.2, 0.25) is 5.02 Å². The number of hydrogen-bond acceptors (Lipinski definition) is 2. The lowest BCUT2D eigenvalue weighted by atomic mass is 10.1. The molecule has 3 nitrogen and oxygen atoms in total. The van der Waals surface area contributed by atoms with Crippen molar-refractivity contribution >= 4 is 34.7 Å². The number of H-pyrrole nitrogens is 1. The first kappa shape index (κ1) is 12.6. The normalized spacial score (nSPS) is 11.2. The quantitative estimate of drug-likeness (QED) is 0.778. The van der Waals surface area contributed by atoms with Crippen LogP contribution in [0, 0.1) is 0 Å². The molecule has 0 radical (unpaired) electrons. The molecule has 0 fully saturated rings. The highest BCUT2D eigenvalue weighted by molar-refractivity contribution is 6.30. The number of para-hydroxylation sites is 1. The molecule has 0 amide bonds. The van der Waals surface area contributed by atoms with Crippen LogP contribution in [0.5, 0.6) is 0 Å². The smallest absolute Gasteiger partial charge is 0.305 e. The predicted molar refractivity (Wildman–Crippen MR) is 82.7 cm³/mol. The third kappa shape index (κ3) is 2.63. The zero-order valence-corrected chi connectivity index (χ0v) is 11.3. The Morgan fingerprint density at radius 2 is 1.75 bits per heavy atom. The van der Waals surface area contributed by atoms with E-state index in [-0.39, 0.29) is 5.69 Å². The average molecular weight is 283 g/mol. The molecular formula is C16H11ClN2O. The molecule has 2 aromatic carbocycles. The van der Waals surface area contributed by atoms with Gasteiger partial charge >= 0.3 is 5.69 Å². The van der Waals surface area contributed by atoms with Gasteiger partial charge in [-0.1, -0.05) is 48.0 Å². The van der Waals surface area contributed by atoms with Crippen molar-refractivity contribution in [3.05, 3.63) is 75.3 Å². The van der Waals surface area contributed by atoms with Gasteiger partial charge < -0.3 is 4.98 Å². The van der Waals surface area contributed by atoms with Crippen LogP contribution < -0.4 is 5.69 Å². The molecule has 3 aromatic rings. The summed E-state index contributed by atoms with van der Waals surface area (Å²) in [4.78, 5) is 18.3. The maximum Gasteiger partial charge on any atom is 0.345 e. The monoisotopic (exact) mass is 282 g/mol. The van der Waals surface area contributed by atoms with Crippen LogP contribution in [0.4, 0.5) is 0 Å². The maximum absolute atomic E-state index is 11.5. The summed E-state index contributed by atoms with van der Waals surface area (Å²) in [6.07, 6.45) is 3.74. The van der Waals surface area contributed by atoms with Crippen molar-refractivity contribution in [2.75, 3.05) is 0 Å². The minimum absolute atomic E-state index is 0.348. The molecule has 0 saturated heterocycles. The van der Waals surface area contributed by atoms with Gasteiger partial charge in [-0.25, -0.2) is 4.79 Å². The third-order valence-corrected chi connectivity index (χ3v) is 3.22. The molecule has 0 aliphatic heterocycles. The van der Waals surface area contributed by atoms with Crippen molar-refractivity contribution in [2.24, 2.45) is 0 Å². The lowest BCUT2D eigenvalue weighted by Crippen LogP contribution is -2.11. The van der Waals surface area contributed by atoms with Gasteiger partial charge in [0.1, 0.15) is 0 Å². The van der Waals surface area contributed by atoms with Crippen LogP contribution in [-0.2, 0) is 0 Å². The van der Waals surface area contributed by atoms with E-state index in [2.05, 4.69) is 9.97 Å². The van der Waals surface area contributed by atoms with E-state index in [1.165, 1.54) is 0 Å². The number of nitrogens with zero attached hydrogens (tertiary/aromatic N) is 1. The van der Waals surface area contributed by atoms with Crippen molar-refractivity contribution < 1.29 is 0 Å². The molecule has 1 heterocycles. The maximum atomic E-state index is 11.5. The SMILES string of the molecule is O=c1nc(/C=C/c2ccc(Cl)cc2)c2ccccc2[nH]1. The lowest BCUT2D eigenvalue weighted by Gasteiger charge is -2.00. The van der Waals surface area contributed by atoms with Gasteiger partial charge in [-0.3, -0.25) is 0 Å². The molecule has 20 heavy (non-hydrogen) atoms. The van der Waals surface area contributed by atoms with Crippen LogP contribution in [0.25, 0.3) is 23.1 Å². The van der Waals surface area contributed by atoms with Crippen molar-refractivity contribution in [1.29, 1.82) is 0 Å². The second-order valence-corrected chi connectivity index (χ2v) is 4.79. The minimum Gasteiger partial charge on any atom is -0.305 e. The van der Waals surface area contributed by atoms with E-state index in [9.17, 15) is 4.79 Å². The highest BCUT2D eigenvalue weighted by atomic mass is 35.5. The van der Waals surface area contributed by atoms with Crippen LogP contribution in [0.1, 0.15) is 11.3 Å². The van der Waals surface area contributed by atoms with Crippen LogP contribution >= 0.6 is 11.6 Å². The molecule has 0 spiro atoms. The Morgan fingerprint density at radius 1 is 1.00 bits per heavy atom. The summed E-state index contributed by atoms with van der Waals surface area (Å²) in [5.41, 5.74) is 2.09. The van der Waals surface area contributed by atoms with Crippen molar-refractivity contribution in [2.45, 2.75) is 0 Å². The summed E-state index contributed by atoms with van der Waals surface area (Å²) in [7, 11) is 0. The van der Waals surface area contributed by atoms with Crippen molar-refractivity contribution in [3.8, 4) is 0 Å². The summed E-state index contributed by atoms with van der Waals surface area (Å²) in [6, 6.07) is 15.1. The molecule has 0 unspecified atom stereocenters. The predicted octanol–water partition coefficient (Wildman–Crippen LogP) is 3.75. The zero-order chi connectivity index (χ0) is 13.9. The number of hydrogen-bond donors (Lipinski definition) is 1. The van der Waals surface area contributed by atoms with Crippen LogP contribution in [-0.4, -0.2) is 9.97 Å². The fourth-order valence-corrected chi connectivity index (χ4v) is 2.13. The molecule has 0 aliphatic carbocycles. The van der Waals surface area contributed by atoms with Crippen LogP contribution in [0.15, 0.2) is 53.3 Å². The highest BCUT2D eigenvalue weighted by Crippen LogP contribution is 2.16. The van der Waals surface area contributed by atoms with E-state index >= 15 is 0 Å². The Morgan fingerprint density at radius 3 is 2.55 bits per heavy atom. The Balaban J connectivity index is 2.06. The fraction of sp³-hybridized carbons (Fsp3) is 0. The molecule has 98 valence electrons. The minimum atomic E-state index is -0.348.